The molecule has 38 heavy (non-hydrogen) atoms. The number of aromatic nitrogens is 3. The molecule has 0 amide bonds. The number of rotatable bonds is 6. The molecule has 0 spiro atoms. The molecule has 10 heteroatoms. The lowest BCUT2D eigenvalue weighted by molar-refractivity contribution is 0.0945. The molecule has 0 saturated carbocycles. The number of benzene rings is 2. The SMILES string of the molecule is CC(C)(O)CNc1ccc(-c2c(-c3ccc(C#N)c(F)c3)nc3c(N4CCCC(N)C4)nccn23)cc1N. The highest BCUT2D eigenvalue weighted by molar-refractivity contribution is 5.87. The number of imidazole rings is 1. The molecule has 0 radical (unpaired) electrons. The van der Waals surface area contributed by atoms with Gasteiger partial charge in [-0.3, -0.25) is 4.40 Å². The van der Waals surface area contributed by atoms with E-state index < -0.39 is 11.4 Å². The predicted molar refractivity (Wildman–Crippen MR) is 147 cm³/mol. The van der Waals surface area contributed by atoms with E-state index in [9.17, 15) is 14.8 Å². The molecular formula is C28H31FN8O. The van der Waals surface area contributed by atoms with Crippen LogP contribution in [-0.4, -0.2) is 50.8 Å². The highest BCUT2D eigenvalue weighted by Gasteiger charge is 2.25. The van der Waals surface area contributed by atoms with Crippen molar-refractivity contribution < 1.29 is 9.50 Å². The molecule has 1 aliphatic rings. The van der Waals surface area contributed by atoms with Gasteiger partial charge in [-0.25, -0.2) is 14.4 Å². The van der Waals surface area contributed by atoms with Crippen LogP contribution in [0.15, 0.2) is 48.8 Å². The van der Waals surface area contributed by atoms with Gasteiger partial charge in [0.1, 0.15) is 11.9 Å². The molecule has 0 bridgehead atoms. The third kappa shape index (κ3) is 4.98. The second-order valence-electron chi connectivity index (χ2n) is 10.4. The van der Waals surface area contributed by atoms with Gasteiger partial charge in [0.2, 0.25) is 0 Å². The Morgan fingerprint density at radius 2 is 2.03 bits per heavy atom. The maximum atomic E-state index is 14.7. The Balaban J connectivity index is 1.68. The maximum absolute atomic E-state index is 14.7. The summed E-state index contributed by atoms with van der Waals surface area (Å²) in [4.78, 5) is 11.7. The zero-order valence-electron chi connectivity index (χ0n) is 21.4. The van der Waals surface area contributed by atoms with Crippen molar-refractivity contribution in [3.63, 3.8) is 0 Å². The molecule has 6 N–H and O–H groups in total. The second-order valence-corrected chi connectivity index (χ2v) is 10.4. The van der Waals surface area contributed by atoms with Crippen LogP contribution in [0.25, 0.3) is 28.2 Å². The van der Waals surface area contributed by atoms with Crippen molar-refractivity contribution in [1.82, 2.24) is 14.4 Å². The van der Waals surface area contributed by atoms with Gasteiger partial charge in [-0.15, -0.1) is 0 Å². The smallest absolute Gasteiger partial charge is 0.181 e. The average Bonchev–Trinajstić information content (AvgIpc) is 3.27. The van der Waals surface area contributed by atoms with Gasteiger partial charge in [-0.1, -0.05) is 12.1 Å². The number of hydrogen-bond donors (Lipinski definition) is 4. The molecular weight excluding hydrogens is 483 g/mol. The fourth-order valence-corrected chi connectivity index (χ4v) is 4.80. The number of piperidine rings is 1. The van der Waals surface area contributed by atoms with Crippen LogP contribution in [0.5, 0.6) is 0 Å². The summed E-state index contributed by atoms with van der Waals surface area (Å²) in [5, 5.41) is 22.5. The topological polar surface area (TPSA) is 142 Å². The Kier molecular flexibility index (Phi) is 6.65. The summed E-state index contributed by atoms with van der Waals surface area (Å²) in [5.41, 5.74) is 16.1. The summed E-state index contributed by atoms with van der Waals surface area (Å²) in [6.45, 7) is 5.25. The number of nitrogens with two attached hydrogens (primary N) is 2. The first-order valence-electron chi connectivity index (χ1n) is 12.6. The molecule has 9 nitrogen and oxygen atoms in total. The van der Waals surface area contributed by atoms with Crippen molar-refractivity contribution in [1.29, 1.82) is 5.26 Å². The van der Waals surface area contributed by atoms with Gasteiger partial charge >= 0.3 is 0 Å². The van der Waals surface area contributed by atoms with Gasteiger partial charge < -0.3 is 26.8 Å². The van der Waals surface area contributed by atoms with Crippen molar-refractivity contribution in [2.45, 2.75) is 38.3 Å². The molecule has 5 rings (SSSR count). The highest BCUT2D eigenvalue weighted by atomic mass is 19.1. The Hall–Kier alpha value is -4.20. The molecule has 3 heterocycles. The van der Waals surface area contributed by atoms with Crippen LogP contribution >= 0.6 is 0 Å². The molecule has 196 valence electrons. The molecule has 2 aromatic carbocycles. The van der Waals surface area contributed by atoms with E-state index in [-0.39, 0.29) is 11.6 Å². The summed E-state index contributed by atoms with van der Waals surface area (Å²) in [5.74, 6) is 0.0970. The number of hydrogen-bond acceptors (Lipinski definition) is 8. The number of nitrogens with one attached hydrogen (secondary N) is 1. The minimum atomic E-state index is -0.903. The van der Waals surface area contributed by atoms with Gasteiger partial charge in [0, 0.05) is 49.2 Å². The summed E-state index contributed by atoms with van der Waals surface area (Å²) in [7, 11) is 0. The van der Waals surface area contributed by atoms with Crippen LogP contribution in [-0.2, 0) is 0 Å². The van der Waals surface area contributed by atoms with Crippen molar-refractivity contribution in [3.05, 3.63) is 60.2 Å². The van der Waals surface area contributed by atoms with E-state index in [0.717, 1.165) is 30.6 Å². The highest BCUT2D eigenvalue weighted by Crippen LogP contribution is 2.37. The molecule has 4 aromatic rings. The van der Waals surface area contributed by atoms with Crippen molar-refractivity contribution in [3.8, 4) is 28.6 Å². The third-order valence-corrected chi connectivity index (χ3v) is 6.68. The van der Waals surface area contributed by atoms with Gasteiger partial charge in [-0.2, -0.15) is 5.26 Å². The van der Waals surface area contributed by atoms with E-state index in [1.807, 2.05) is 34.9 Å². The molecule has 1 unspecified atom stereocenters. The fraction of sp³-hybridized carbons (Fsp3) is 0.321. The minimum absolute atomic E-state index is 0.0322. The van der Waals surface area contributed by atoms with E-state index in [1.165, 1.54) is 12.1 Å². The summed E-state index contributed by atoms with van der Waals surface area (Å²) < 4.78 is 16.6. The lowest BCUT2D eigenvalue weighted by atomic mass is 10.0. The van der Waals surface area contributed by atoms with Crippen LogP contribution in [0.4, 0.5) is 21.6 Å². The van der Waals surface area contributed by atoms with Crippen molar-refractivity contribution >= 4 is 22.8 Å². The van der Waals surface area contributed by atoms with Crippen molar-refractivity contribution in [2.75, 3.05) is 35.6 Å². The van der Waals surface area contributed by atoms with Crippen LogP contribution in [0.3, 0.4) is 0 Å². The second kappa shape index (κ2) is 9.93. The van der Waals surface area contributed by atoms with E-state index in [2.05, 4.69) is 15.2 Å². The number of halogens is 1. The zero-order chi connectivity index (χ0) is 27.0. The Labute approximate surface area is 220 Å². The summed E-state index contributed by atoms with van der Waals surface area (Å²) in [6, 6.07) is 12.0. The largest absolute Gasteiger partial charge is 0.397 e. The molecule has 1 aliphatic heterocycles. The van der Waals surface area contributed by atoms with Gasteiger partial charge in [0.15, 0.2) is 11.5 Å². The average molecular weight is 515 g/mol. The van der Waals surface area contributed by atoms with E-state index in [0.29, 0.717) is 47.2 Å². The maximum Gasteiger partial charge on any atom is 0.181 e. The number of anilines is 3. The van der Waals surface area contributed by atoms with Crippen LogP contribution in [0, 0.1) is 17.1 Å². The van der Waals surface area contributed by atoms with E-state index in [4.69, 9.17) is 16.5 Å². The predicted octanol–water partition coefficient (Wildman–Crippen LogP) is 3.77. The first kappa shape index (κ1) is 25.4. The number of nitriles is 1. The van der Waals surface area contributed by atoms with Crippen LogP contribution in [0.2, 0.25) is 0 Å². The first-order chi connectivity index (χ1) is 18.1. The number of fused-ring (bicyclic) bond motifs is 1. The third-order valence-electron chi connectivity index (χ3n) is 6.68. The molecule has 1 atom stereocenters. The monoisotopic (exact) mass is 514 g/mol. The van der Waals surface area contributed by atoms with Gasteiger partial charge in [-0.05, 0) is 51.0 Å². The lowest BCUT2D eigenvalue weighted by Crippen LogP contribution is -2.43. The zero-order valence-corrected chi connectivity index (χ0v) is 21.4. The first-order valence-corrected chi connectivity index (χ1v) is 12.6. The number of nitrogens with zero attached hydrogens (tertiary/aromatic N) is 5. The Bertz CT molecular complexity index is 1530. The van der Waals surface area contributed by atoms with Crippen LogP contribution in [0.1, 0.15) is 32.3 Å². The van der Waals surface area contributed by atoms with E-state index in [1.54, 1.807) is 26.1 Å². The summed E-state index contributed by atoms with van der Waals surface area (Å²) in [6.07, 6.45) is 5.47. The number of nitrogen functional groups attached to an aromatic ring is 1. The normalized spacial score (nSPS) is 16.0. The van der Waals surface area contributed by atoms with Gasteiger partial charge in [0.25, 0.3) is 0 Å². The quantitative estimate of drug-likeness (QED) is 0.285. The van der Waals surface area contributed by atoms with Crippen molar-refractivity contribution in [2.24, 2.45) is 5.73 Å². The number of aliphatic hydroxyl groups is 1. The molecule has 1 fully saturated rings. The van der Waals surface area contributed by atoms with Gasteiger partial charge in [0.05, 0.1) is 33.9 Å². The standard InChI is InChI=1S/C28H31FN8O/c1-28(2,38)16-34-23-8-7-18(13-22(23)32)25-24(17-5-6-19(14-30)21(29)12-17)35-27-26(33-9-11-37(25)27)36-10-3-4-20(31)15-36/h5-9,11-13,20,34,38H,3-4,10,15-16,31-32H2,1-2H3. The van der Waals surface area contributed by atoms with Crippen LogP contribution < -0.4 is 21.7 Å². The minimum Gasteiger partial charge on any atom is -0.397 e. The Morgan fingerprint density at radius 1 is 1.24 bits per heavy atom. The molecule has 2 aromatic heterocycles. The Morgan fingerprint density at radius 3 is 2.71 bits per heavy atom. The lowest BCUT2D eigenvalue weighted by Gasteiger charge is -2.31. The summed E-state index contributed by atoms with van der Waals surface area (Å²) >= 11 is 0. The fourth-order valence-electron chi connectivity index (χ4n) is 4.80. The molecule has 0 aliphatic carbocycles. The van der Waals surface area contributed by atoms with E-state index >= 15 is 0 Å². The molecule has 1 saturated heterocycles.